The molecule has 0 saturated carbocycles. The molecule has 1 amide bonds. The number of rotatable bonds is 9. The van der Waals surface area contributed by atoms with Crippen molar-refractivity contribution >= 4 is 6.41 Å². The molecule has 0 aliphatic rings. The molecule has 0 heterocycles. The Balaban J connectivity index is 4.34. The van der Waals surface area contributed by atoms with Gasteiger partial charge in [-0.1, -0.05) is 0 Å². The monoisotopic (exact) mass is 257 g/mol. The third-order valence-corrected chi connectivity index (χ3v) is 2.00. The lowest BCUT2D eigenvalue weighted by Crippen LogP contribution is -2.50. The van der Waals surface area contributed by atoms with Crippen LogP contribution in [0.25, 0.3) is 0 Å². The van der Waals surface area contributed by atoms with E-state index in [-0.39, 0.29) is 11.5 Å². The van der Waals surface area contributed by atoms with Crippen molar-refractivity contribution in [3.63, 3.8) is 0 Å². The molecule has 10 nitrogen and oxygen atoms in total. The fraction of sp³-hybridized carbons (Fsp3) is 0.857. The number of amides is 1. The molecule has 0 aromatic heterocycles. The SMILES string of the molecule is O=CN(O)C[C@H](O)[C@H](O)[C@H](O)C(COO)OO. The van der Waals surface area contributed by atoms with Gasteiger partial charge in [0.05, 0.1) is 6.54 Å². The largest absolute Gasteiger partial charge is 0.388 e. The number of aliphatic hydroxyl groups is 3. The molecule has 0 saturated heterocycles. The third-order valence-electron chi connectivity index (χ3n) is 2.00. The van der Waals surface area contributed by atoms with Crippen LogP contribution in [0.15, 0.2) is 0 Å². The zero-order chi connectivity index (χ0) is 13.4. The zero-order valence-corrected chi connectivity index (χ0v) is 8.66. The zero-order valence-electron chi connectivity index (χ0n) is 8.66. The summed E-state index contributed by atoms with van der Waals surface area (Å²) >= 11 is 0. The number of carbonyl (C=O) groups excluding carboxylic acids is 1. The fourth-order valence-electron chi connectivity index (χ4n) is 1.06. The van der Waals surface area contributed by atoms with Crippen LogP contribution in [0.5, 0.6) is 0 Å². The normalized spacial score (nSPS) is 18.2. The number of hydrogen-bond acceptors (Lipinski definition) is 9. The van der Waals surface area contributed by atoms with Crippen LogP contribution in [0.2, 0.25) is 0 Å². The lowest BCUT2D eigenvalue weighted by atomic mass is 10.0. The van der Waals surface area contributed by atoms with Crippen LogP contribution >= 0.6 is 0 Å². The summed E-state index contributed by atoms with van der Waals surface area (Å²) in [5, 5.41) is 53.2. The summed E-state index contributed by atoms with van der Waals surface area (Å²) in [5.74, 6) is 0. The van der Waals surface area contributed by atoms with E-state index >= 15 is 0 Å². The highest BCUT2D eigenvalue weighted by molar-refractivity contribution is 5.44. The van der Waals surface area contributed by atoms with E-state index in [1.54, 1.807) is 0 Å². The molecule has 0 aliphatic carbocycles. The molecule has 0 aliphatic heterocycles. The van der Waals surface area contributed by atoms with Crippen LogP contribution in [0.1, 0.15) is 0 Å². The molecule has 0 rings (SSSR count). The first-order chi connectivity index (χ1) is 7.97. The van der Waals surface area contributed by atoms with Gasteiger partial charge in [-0.05, 0) is 0 Å². The molecule has 0 radical (unpaired) electrons. The Hall–Kier alpha value is -0.850. The van der Waals surface area contributed by atoms with Gasteiger partial charge in [0.1, 0.15) is 31.0 Å². The van der Waals surface area contributed by atoms with E-state index in [0.717, 1.165) is 0 Å². The Kier molecular flexibility index (Phi) is 7.86. The minimum absolute atomic E-state index is 0.0147. The predicted molar refractivity (Wildman–Crippen MR) is 48.7 cm³/mol. The van der Waals surface area contributed by atoms with Crippen molar-refractivity contribution in [2.24, 2.45) is 0 Å². The molecular formula is C7H15NO9. The van der Waals surface area contributed by atoms with Crippen molar-refractivity contribution < 1.29 is 45.6 Å². The number of nitrogens with zero attached hydrogens (tertiary/aromatic N) is 1. The van der Waals surface area contributed by atoms with Crippen molar-refractivity contribution in [1.29, 1.82) is 0 Å². The molecule has 4 atom stereocenters. The molecule has 0 fully saturated rings. The van der Waals surface area contributed by atoms with E-state index in [1.165, 1.54) is 0 Å². The first kappa shape index (κ1) is 16.1. The van der Waals surface area contributed by atoms with Gasteiger partial charge in [0.15, 0.2) is 0 Å². The Bertz CT molecular complexity index is 216. The van der Waals surface area contributed by atoms with Crippen LogP contribution in [-0.4, -0.2) is 80.1 Å². The third kappa shape index (κ3) is 5.34. The molecule has 10 heteroatoms. The molecule has 0 aromatic carbocycles. The molecule has 0 spiro atoms. The van der Waals surface area contributed by atoms with Crippen molar-refractivity contribution in [3.05, 3.63) is 0 Å². The number of hydrogen-bond donors (Lipinski definition) is 6. The van der Waals surface area contributed by atoms with Crippen LogP contribution in [-0.2, 0) is 14.6 Å². The molecule has 0 bridgehead atoms. The maximum absolute atomic E-state index is 10.0. The number of carbonyl (C=O) groups is 1. The highest BCUT2D eigenvalue weighted by Gasteiger charge is 2.33. The highest BCUT2D eigenvalue weighted by Crippen LogP contribution is 2.08. The summed E-state index contributed by atoms with van der Waals surface area (Å²) < 4.78 is 0. The fourth-order valence-corrected chi connectivity index (χ4v) is 1.06. The predicted octanol–water partition coefficient (Wildman–Crippen LogP) is -2.74. The maximum atomic E-state index is 10.0. The highest BCUT2D eigenvalue weighted by atomic mass is 17.1. The molecule has 1 unspecified atom stereocenters. The number of hydroxylamine groups is 2. The van der Waals surface area contributed by atoms with Gasteiger partial charge in [0, 0.05) is 0 Å². The summed E-state index contributed by atoms with van der Waals surface area (Å²) in [6, 6.07) is 0. The average molecular weight is 257 g/mol. The van der Waals surface area contributed by atoms with E-state index in [9.17, 15) is 20.1 Å². The first-order valence-corrected chi connectivity index (χ1v) is 4.49. The van der Waals surface area contributed by atoms with Crippen molar-refractivity contribution in [2.75, 3.05) is 13.2 Å². The smallest absolute Gasteiger partial charge is 0.233 e. The second-order valence-corrected chi connectivity index (χ2v) is 3.22. The summed E-state index contributed by atoms with van der Waals surface area (Å²) in [6.45, 7) is -1.34. The van der Waals surface area contributed by atoms with Gasteiger partial charge >= 0.3 is 0 Å². The average Bonchev–Trinajstić information content (AvgIpc) is 2.33. The van der Waals surface area contributed by atoms with Crippen LogP contribution < -0.4 is 0 Å². The van der Waals surface area contributed by atoms with Gasteiger partial charge in [0.25, 0.3) is 0 Å². The molecule has 102 valence electrons. The summed E-state index contributed by atoms with van der Waals surface area (Å²) in [6.07, 6.45) is -6.90. The Morgan fingerprint density at radius 3 is 2.18 bits per heavy atom. The van der Waals surface area contributed by atoms with Crippen molar-refractivity contribution in [2.45, 2.75) is 24.4 Å². The van der Waals surface area contributed by atoms with Gasteiger partial charge in [-0.2, -0.15) is 0 Å². The van der Waals surface area contributed by atoms with E-state index in [0.29, 0.717) is 0 Å². The quantitative estimate of drug-likeness (QED) is 0.111. The number of aliphatic hydroxyl groups excluding tert-OH is 3. The summed E-state index contributed by atoms with van der Waals surface area (Å²) in [7, 11) is 0. The topological polar surface area (TPSA) is 160 Å². The summed E-state index contributed by atoms with van der Waals surface area (Å²) in [4.78, 5) is 17.3. The van der Waals surface area contributed by atoms with E-state index < -0.39 is 37.6 Å². The molecule has 17 heavy (non-hydrogen) atoms. The molecule has 6 N–H and O–H groups in total. The maximum Gasteiger partial charge on any atom is 0.233 e. The summed E-state index contributed by atoms with van der Waals surface area (Å²) in [5.41, 5.74) is 0. The van der Waals surface area contributed by atoms with Gasteiger partial charge in [-0.25, -0.2) is 14.8 Å². The van der Waals surface area contributed by atoms with E-state index in [1.807, 2.05) is 0 Å². The van der Waals surface area contributed by atoms with E-state index in [2.05, 4.69) is 9.78 Å². The van der Waals surface area contributed by atoms with Crippen LogP contribution in [0.3, 0.4) is 0 Å². The van der Waals surface area contributed by atoms with Gasteiger partial charge < -0.3 is 15.3 Å². The van der Waals surface area contributed by atoms with Crippen LogP contribution in [0, 0.1) is 0 Å². The molecular weight excluding hydrogens is 242 g/mol. The Morgan fingerprint density at radius 1 is 1.18 bits per heavy atom. The van der Waals surface area contributed by atoms with Gasteiger partial charge in [-0.3, -0.25) is 20.5 Å². The van der Waals surface area contributed by atoms with Gasteiger partial charge in [0.2, 0.25) is 6.41 Å². The minimum atomic E-state index is -1.85. The minimum Gasteiger partial charge on any atom is -0.388 e. The van der Waals surface area contributed by atoms with Crippen LogP contribution in [0.4, 0.5) is 0 Å². The lowest BCUT2D eigenvalue weighted by Gasteiger charge is -2.27. The van der Waals surface area contributed by atoms with E-state index in [4.69, 9.17) is 15.7 Å². The lowest BCUT2D eigenvalue weighted by molar-refractivity contribution is -0.346. The second-order valence-electron chi connectivity index (χ2n) is 3.22. The van der Waals surface area contributed by atoms with Crippen molar-refractivity contribution in [1.82, 2.24) is 5.06 Å². The molecule has 0 aromatic rings. The second kappa shape index (κ2) is 8.27. The van der Waals surface area contributed by atoms with Gasteiger partial charge in [-0.15, -0.1) is 0 Å². The Morgan fingerprint density at radius 2 is 1.76 bits per heavy atom. The standard InChI is InChI=1S/C7H15NO9/c9-3-8(13)1-4(10)6(11)7(12)5(17-15)2-16-14/h3-7,10-15H,1-2H2/t4-,5?,6-,7+/m0/s1. The first-order valence-electron chi connectivity index (χ1n) is 4.49. The van der Waals surface area contributed by atoms with Crippen molar-refractivity contribution in [3.8, 4) is 0 Å². The Labute approximate surface area is 95.7 Å².